The molecule has 0 spiro atoms. The van der Waals surface area contributed by atoms with Crippen LogP contribution >= 0.6 is 0 Å². The Bertz CT molecular complexity index is 856. The maximum Gasteiger partial charge on any atom is 0.404 e. The number of hydrogen-bond donors (Lipinski definition) is 2. The topological polar surface area (TPSA) is 90.4 Å². The van der Waals surface area contributed by atoms with Crippen molar-refractivity contribution in [2.75, 3.05) is 5.32 Å². The first-order valence-corrected chi connectivity index (χ1v) is 7.88. The number of rotatable bonds is 6. The first-order chi connectivity index (χ1) is 12.1. The van der Waals surface area contributed by atoms with Gasteiger partial charge in [0.05, 0.1) is 0 Å². The second kappa shape index (κ2) is 7.53. The Morgan fingerprint density at radius 3 is 2.72 bits per heavy atom. The quantitative estimate of drug-likeness (QED) is 0.713. The minimum absolute atomic E-state index is 0.0293. The molecule has 0 unspecified atom stereocenters. The molecule has 0 saturated carbocycles. The van der Waals surface area contributed by atoms with Crippen molar-refractivity contribution >= 4 is 11.8 Å². The van der Waals surface area contributed by atoms with Crippen LogP contribution in [-0.2, 0) is 17.9 Å². The Kier molecular flexibility index (Phi) is 4.99. The van der Waals surface area contributed by atoms with Gasteiger partial charge in [-0.25, -0.2) is 4.79 Å². The summed E-state index contributed by atoms with van der Waals surface area (Å²) in [6.45, 7) is 2.82. The minimum Gasteiger partial charge on any atom is -0.441 e. The highest BCUT2D eigenvalue weighted by molar-refractivity contribution is 5.65. The largest absolute Gasteiger partial charge is 0.441 e. The van der Waals surface area contributed by atoms with E-state index in [0.29, 0.717) is 11.5 Å². The fourth-order valence-corrected chi connectivity index (χ4v) is 2.44. The van der Waals surface area contributed by atoms with Crippen molar-refractivity contribution in [2.45, 2.75) is 20.1 Å². The van der Waals surface area contributed by atoms with Gasteiger partial charge < -0.3 is 20.3 Å². The van der Waals surface area contributed by atoms with Gasteiger partial charge in [0.25, 0.3) is 0 Å². The molecule has 0 aliphatic rings. The molecule has 0 radical (unpaired) electrons. The molecule has 1 aromatic heterocycles. The standard InChI is InChI=1S/C19H19N3O3/c1-13-3-2-4-14(9-13)11-21-16-7-5-15(6-8-16)18-10-17(25-22-18)12-24-19(20)23/h2-10,21H,11-12H2,1H3,(H2,20,23). The lowest BCUT2D eigenvalue weighted by atomic mass is 10.1. The molecule has 0 fully saturated rings. The zero-order valence-electron chi connectivity index (χ0n) is 13.9. The fraction of sp³-hybridized carbons (Fsp3) is 0.158. The molecule has 1 heterocycles. The van der Waals surface area contributed by atoms with Gasteiger partial charge in [0.2, 0.25) is 0 Å². The van der Waals surface area contributed by atoms with Crippen LogP contribution in [0.2, 0.25) is 0 Å². The third kappa shape index (κ3) is 4.60. The monoisotopic (exact) mass is 337 g/mol. The van der Waals surface area contributed by atoms with Crippen LogP contribution in [0.3, 0.4) is 0 Å². The summed E-state index contributed by atoms with van der Waals surface area (Å²) in [4.78, 5) is 10.6. The Balaban J connectivity index is 1.61. The van der Waals surface area contributed by atoms with Crippen LogP contribution in [0.15, 0.2) is 59.1 Å². The van der Waals surface area contributed by atoms with Gasteiger partial charge in [-0.05, 0) is 24.6 Å². The van der Waals surface area contributed by atoms with Crippen molar-refractivity contribution in [3.63, 3.8) is 0 Å². The first-order valence-electron chi connectivity index (χ1n) is 7.88. The summed E-state index contributed by atoms with van der Waals surface area (Å²) in [5, 5.41) is 7.36. The lowest BCUT2D eigenvalue weighted by Gasteiger charge is -2.07. The van der Waals surface area contributed by atoms with Gasteiger partial charge >= 0.3 is 6.09 Å². The van der Waals surface area contributed by atoms with Crippen molar-refractivity contribution in [1.82, 2.24) is 5.16 Å². The van der Waals surface area contributed by atoms with E-state index in [2.05, 4.69) is 46.4 Å². The number of carbonyl (C=O) groups is 1. The van der Waals surface area contributed by atoms with E-state index in [9.17, 15) is 4.79 Å². The van der Waals surface area contributed by atoms with E-state index in [1.165, 1.54) is 11.1 Å². The molecule has 0 aliphatic heterocycles. The molecule has 3 N–H and O–H groups in total. The Morgan fingerprint density at radius 2 is 2.00 bits per heavy atom. The molecule has 6 heteroatoms. The highest BCUT2D eigenvalue weighted by atomic mass is 16.6. The van der Waals surface area contributed by atoms with Gasteiger partial charge in [-0.1, -0.05) is 47.1 Å². The van der Waals surface area contributed by atoms with Gasteiger partial charge in [0, 0.05) is 23.9 Å². The van der Waals surface area contributed by atoms with Crippen LogP contribution in [0, 0.1) is 6.92 Å². The predicted molar refractivity (Wildman–Crippen MR) is 94.8 cm³/mol. The summed E-state index contributed by atoms with van der Waals surface area (Å²) in [7, 11) is 0. The zero-order chi connectivity index (χ0) is 17.6. The number of carbonyl (C=O) groups excluding carboxylic acids is 1. The maximum atomic E-state index is 10.6. The Hall–Kier alpha value is -3.28. The fourth-order valence-electron chi connectivity index (χ4n) is 2.44. The minimum atomic E-state index is -0.845. The average Bonchev–Trinajstić information content (AvgIpc) is 3.08. The van der Waals surface area contributed by atoms with Crippen molar-refractivity contribution < 1.29 is 14.1 Å². The zero-order valence-corrected chi connectivity index (χ0v) is 13.9. The second-order valence-corrected chi connectivity index (χ2v) is 5.71. The van der Waals surface area contributed by atoms with Crippen molar-refractivity contribution in [1.29, 1.82) is 0 Å². The molecule has 3 rings (SSSR count). The van der Waals surface area contributed by atoms with Crippen LogP contribution in [0.5, 0.6) is 0 Å². The number of amides is 1. The van der Waals surface area contributed by atoms with Crippen molar-refractivity contribution in [3.8, 4) is 11.3 Å². The van der Waals surface area contributed by atoms with Crippen molar-refractivity contribution in [2.24, 2.45) is 5.73 Å². The van der Waals surface area contributed by atoms with Gasteiger partial charge in [0.1, 0.15) is 5.69 Å². The lowest BCUT2D eigenvalue weighted by molar-refractivity contribution is 0.137. The van der Waals surface area contributed by atoms with Crippen LogP contribution < -0.4 is 11.1 Å². The number of anilines is 1. The van der Waals surface area contributed by atoms with Gasteiger partial charge in [-0.3, -0.25) is 0 Å². The van der Waals surface area contributed by atoms with Gasteiger partial charge in [-0.2, -0.15) is 0 Å². The van der Waals surface area contributed by atoms with Crippen LogP contribution in [-0.4, -0.2) is 11.2 Å². The molecule has 0 aliphatic carbocycles. The summed E-state index contributed by atoms with van der Waals surface area (Å²) < 4.78 is 9.79. The second-order valence-electron chi connectivity index (χ2n) is 5.71. The summed E-state index contributed by atoms with van der Waals surface area (Å²) >= 11 is 0. The summed E-state index contributed by atoms with van der Waals surface area (Å²) in [6.07, 6.45) is -0.845. The molecule has 128 valence electrons. The lowest BCUT2D eigenvalue weighted by Crippen LogP contribution is -2.12. The summed E-state index contributed by atoms with van der Waals surface area (Å²) in [6, 6.07) is 18.0. The van der Waals surface area contributed by atoms with E-state index in [0.717, 1.165) is 17.8 Å². The van der Waals surface area contributed by atoms with Crippen LogP contribution in [0.4, 0.5) is 10.5 Å². The SMILES string of the molecule is Cc1cccc(CNc2ccc(-c3cc(COC(N)=O)on3)cc2)c1. The van der Waals surface area contributed by atoms with E-state index in [-0.39, 0.29) is 6.61 Å². The first kappa shape index (κ1) is 16.6. The molecule has 1 amide bonds. The predicted octanol–water partition coefficient (Wildman–Crippen LogP) is 3.86. The number of benzene rings is 2. The molecular formula is C19H19N3O3. The van der Waals surface area contributed by atoms with E-state index < -0.39 is 6.09 Å². The molecule has 25 heavy (non-hydrogen) atoms. The van der Waals surface area contributed by atoms with Gasteiger partial charge in [-0.15, -0.1) is 0 Å². The number of primary amides is 1. The number of hydrogen-bond acceptors (Lipinski definition) is 5. The molecule has 0 saturated heterocycles. The van der Waals surface area contributed by atoms with Crippen molar-refractivity contribution in [3.05, 3.63) is 71.5 Å². The highest BCUT2D eigenvalue weighted by Crippen LogP contribution is 2.22. The van der Waals surface area contributed by atoms with Crippen LogP contribution in [0.1, 0.15) is 16.9 Å². The molecule has 6 nitrogen and oxygen atoms in total. The normalized spacial score (nSPS) is 10.4. The number of nitrogens with zero attached hydrogens (tertiary/aromatic N) is 1. The molecule has 3 aromatic rings. The number of ether oxygens (including phenoxy) is 1. The number of aromatic nitrogens is 1. The Labute approximate surface area is 145 Å². The third-order valence-electron chi connectivity index (χ3n) is 3.68. The highest BCUT2D eigenvalue weighted by Gasteiger charge is 2.08. The van der Waals surface area contributed by atoms with E-state index in [4.69, 9.17) is 10.3 Å². The molecule has 0 atom stereocenters. The van der Waals surface area contributed by atoms with Gasteiger partial charge in [0.15, 0.2) is 12.4 Å². The number of nitrogens with two attached hydrogens (primary N) is 1. The van der Waals surface area contributed by atoms with E-state index in [1.807, 2.05) is 24.3 Å². The Morgan fingerprint density at radius 1 is 1.20 bits per heavy atom. The maximum absolute atomic E-state index is 10.6. The smallest absolute Gasteiger partial charge is 0.404 e. The van der Waals surface area contributed by atoms with E-state index >= 15 is 0 Å². The number of nitrogens with one attached hydrogen (secondary N) is 1. The summed E-state index contributed by atoms with van der Waals surface area (Å²) in [5.74, 6) is 0.440. The van der Waals surface area contributed by atoms with Crippen LogP contribution in [0.25, 0.3) is 11.3 Å². The van der Waals surface area contributed by atoms with E-state index in [1.54, 1.807) is 6.07 Å². The average molecular weight is 337 g/mol. The summed E-state index contributed by atoms with van der Waals surface area (Å²) in [5.41, 5.74) is 10.0. The molecular weight excluding hydrogens is 318 g/mol. The number of aryl methyl sites for hydroxylation is 1. The third-order valence-corrected chi connectivity index (χ3v) is 3.68. The molecule has 2 aromatic carbocycles. The molecule has 0 bridgehead atoms.